The Morgan fingerprint density at radius 3 is 2.45 bits per heavy atom. The normalized spacial score (nSPS) is 16.7. The summed E-state index contributed by atoms with van der Waals surface area (Å²) in [5.74, 6) is 0.718. The lowest BCUT2D eigenvalue weighted by atomic mass is 10.1. The van der Waals surface area contributed by atoms with E-state index < -0.39 is 0 Å². The van der Waals surface area contributed by atoms with E-state index in [2.05, 4.69) is 23.6 Å². The third-order valence-corrected chi connectivity index (χ3v) is 4.11. The maximum absolute atomic E-state index is 6.36. The molecular formula is C15H22ClN3S. The van der Waals surface area contributed by atoms with E-state index >= 15 is 0 Å². The van der Waals surface area contributed by atoms with Gasteiger partial charge in [-0.1, -0.05) is 37.7 Å². The standard InChI is InChI=1S/C15H22ClN3S/c1-11(2)10-18-5-7-19(8-6-18)14-4-3-12(15(17)20)9-13(14)16/h3-4,9,11H,5-8,10H2,1-2H3,(H2,17,20). The number of anilines is 1. The van der Waals surface area contributed by atoms with E-state index in [1.54, 1.807) is 0 Å². The molecule has 1 heterocycles. The van der Waals surface area contributed by atoms with Crippen molar-refractivity contribution in [3.63, 3.8) is 0 Å². The summed E-state index contributed by atoms with van der Waals surface area (Å²) in [7, 11) is 0. The molecule has 1 aromatic carbocycles. The summed E-state index contributed by atoms with van der Waals surface area (Å²) in [6.07, 6.45) is 0. The zero-order valence-electron chi connectivity index (χ0n) is 12.1. The molecule has 1 fully saturated rings. The Bertz CT molecular complexity index is 482. The molecule has 1 aliphatic heterocycles. The number of nitrogens with zero attached hydrogens (tertiary/aromatic N) is 2. The molecule has 0 aliphatic carbocycles. The molecule has 2 rings (SSSR count). The highest BCUT2D eigenvalue weighted by atomic mass is 35.5. The first-order valence-corrected chi connectivity index (χ1v) is 7.82. The van der Waals surface area contributed by atoms with Gasteiger partial charge in [-0.3, -0.25) is 4.90 Å². The van der Waals surface area contributed by atoms with E-state index in [9.17, 15) is 0 Å². The third-order valence-electron chi connectivity index (χ3n) is 3.57. The molecule has 0 bridgehead atoms. The molecule has 0 radical (unpaired) electrons. The van der Waals surface area contributed by atoms with Gasteiger partial charge in [0.05, 0.1) is 10.7 Å². The van der Waals surface area contributed by atoms with Gasteiger partial charge in [0.15, 0.2) is 0 Å². The molecule has 0 saturated carbocycles. The van der Waals surface area contributed by atoms with Crippen molar-refractivity contribution in [1.82, 2.24) is 4.90 Å². The van der Waals surface area contributed by atoms with Gasteiger partial charge in [0.1, 0.15) is 4.99 Å². The minimum atomic E-state index is 0.389. The van der Waals surface area contributed by atoms with E-state index in [1.165, 1.54) is 6.54 Å². The highest BCUT2D eigenvalue weighted by Gasteiger charge is 2.19. The van der Waals surface area contributed by atoms with Crippen molar-refractivity contribution < 1.29 is 0 Å². The first kappa shape index (κ1) is 15.5. The molecule has 0 amide bonds. The number of piperazine rings is 1. The Morgan fingerprint density at radius 2 is 1.95 bits per heavy atom. The van der Waals surface area contributed by atoms with Crippen molar-refractivity contribution in [2.75, 3.05) is 37.6 Å². The Kier molecular flexibility index (Phi) is 5.24. The summed E-state index contributed by atoms with van der Waals surface area (Å²) >= 11 is 11.3. The predicted octanol–water partition coefficient (Wildman–Crippen LogP) is 2.75. The van der Waals surface area contributed by atoms with Crippen LogP contribution in [0.25, 0.3) is 0 Å². The van der Waals surface area contributed by atoms with Gasteiger partial charge in [-0.2, -0.15) is 0 Å². The number of halogens is 1. The maximum Gasteiger partial charge on any atom is 0.104 e. The first-order valence-electron chi connectivity index (χ1n) is 7.04. The molecule has 110 valence electrons. The second-order valence-corrected chi connectivity index (χ2v) is 6.56. The van der Waals surface area contributed by atoms with Crippen LogP contribution < -0.4 is 10.6 Å². The molecule has 0 aromatic heterocycles. The van der Waals surface area contributed by atoms with E-state index in [1.807, 2.05) is 18.2 Å². The lowest BCUT2D eigenvalue weighted by molar-refractivity contribution is 0.231. The molecule has 0 unspecified atom stereocenters. The molecule has 1 saturated heterocycles. The fourth-order valence-corrected chi connectivity index (χ4v) is 3.03. The van der Waals surface area contributed by atoms with Crippen LogP contribution in [0.15, 0.2) is 18.2 Å². The summed E-state index contributed by atoms with van der Waals surface area (Å²) < 4.78 is 0. The van der Waals surface area contributed by atoms with Crippen LogP contribution in [0.1, 0.15) is 19.4 Å². The molecule has 5 heteroatoms. The van der Waals surface area contributed by atoms with Crippen molar-refractivity contribution in [3.05, 3.63) is 28.8 Å². The van der Waals surface area contributed by atoms with Crippen molar-refractivity contribution in [2.24, 2.45) is 11.7 Å². The van der Waals surface area contributed by atoms with Crippen LogP contribution in [0.3, 0.4) is 0 Å². The Hall–Kier alpha value is -0.840. The van der Waals surface area contributed by atoms with E-state index in [0.29, 0.717) is 4.99 Å². The second kappa shape index (κ2) is 6.74. The number of hydrogen-bond donors (Lipinski definition) is 1. The zero-order valence-corrected chi connectivity index (χ0v) is 13.7. The van der Waals surface area contributed by atoms with Gasteiger partial charge >= 0.3 is 0 Å². The van der Waals surface area contributed by atoms with Crippen molar-refractivity contribution in [1.29, 1.82) is 0 Å². The quantitative estimate of drug-likeness (QED) is 0.867. The molecular weight excluding hydrogens is 290 g/mol. The van der Waals surface area contributed by atoms with Crippen LogP contribution in [0.4, 0.5) is 5.69 Å². The highest BCUT2D eigenvalue weighted by Crippen LogP contribution is 2.28. The van der Waals surface area contributed by atoms with Gasteiger partial charge in [0, 0.05) is 38.3 Å². The van der Waals surface area contributed by atoms with Crippen LogP contribution in [-0.4, -0.2) is 42.6 Å². The van der Waals surface area contributed by atoms with Gasteiger partial charge < -0.3 is 10.6 Å². The fourth-order valence-electron chi connectivity index (χ4n) is 2.60. The Morgan fingerprint density at radius 1 is 1.30 bits per heavy atom. The molecule has 0 spiro atoms. The van der Waals surface area contributed by atoms with Crippen LogP contribution in [0.5, 0.6) is 0 Å². The van der Waals surface area contributed by atoms with Gasteiger partial charge in [0.2, 0.25) is 0 Å². The molecule has 1 aliphatic rings. The Balaban J connectivity index is 2.02. The average Bonchev–Trinajstić information content (AvgIpc) is 2.39. The average molecular weight is 312 g/mol. The first-order chi connectivity index (χ1) is 9.47. The number of benzene rings is 1. The minimum Gasteiger partial charge on any atom is -0.389 e. The van der Waals surface area contributed by atoms with Gasteiger partial charge in [-0.05, 0) is 24.1 Å². The van der Waals surface area contributed by atoms with Crippen LogP contribution in [0, 0.1) is 5.92 Å². The number of hydrogen-bond acceptors (Lipinski definition) is 3. The SMILES string of the molecule is CC(C)CN1CCN(c2ccc(C(N)=S)cc2Cl)CC1. The number of thiocarbonyl (C=S) groups is 1. The van der Waals surface area contributed by atoms with Gasteiger partial charge in [0.25, 0.3) is 0 Å². The summed E-state index contributed by atoms with van der Waals surface area (Å²) in [6.45, 7) is 9.89. The summed E-state index contributed by atoms with van der Waals surface area (Å²) in [4.78, 5) is 5.24. The largest absolute Gasteiger partial charge is 0.389 e. The Labute approximate surface area is 131 Å². The maximum atomic E-state index is 6.36. The predicted molar refractivity (Wildman–Crippen MR) is 90.8 cm³/mol. The lowest BCUT2D eigenvalue weighted by Crippen LogP contribution is -2.47. The van der Waals surface area contributed by atoms with E-state index in [-0.39, 0.29) is 0 Å². The fraction of sp³-hybridized carbons (Fsp3) is 0.533. The topological polar surface area (TPSA) is 32.5 Å². The minimum absolute atomic E-state index is 0.389. The molecule has 3 nitrogen and oxygen atoms in total. The van der Waals surface area contributed by atoms with Gasteiger partial charge in [-0.15, -0.1) is 0 Å². The summed E-state index contributed by atoms with van der Waals surface area (Å²) in [6, 6.07) is 5.83. The number of rotatable bonds is 4. The van der Waals surface area contributed by atoms with Crippen molar-refractivity contribution in [2.45, 2.75) is 13.8 Å². The van der Waals surface area contributed by atoms with Crippen molar-refractivity contribution in [3.8, 4) is 0 Å². The van der Waals surface area contributed by atoms with Crippen molar-refractivity contribution >= 4 is 34.5 Å². The molecule has 20 heavy (non-hydrogen) atoms. The molecule has 2 N–H and O–H groups in total. The van der Waals surface area contributed by atoms with Crippen LogP contribution >= 0.6 is 23.8 Å². The number of nitrogens with two attached hydrogens (primary N) is 1. The third kappa shape index (κ3) is 3.84. The van der Waals surface area contributed by atoms with E-state index in [0.717, 1.165) is 48.4 Å². The second-order valence-electron chi connectivity index (χ2n) is 5.71. The lowest BCUT2D eigenvalue weighted by Gasteiger charge is -2.37. The zero-order chi connectivity index (χ0) is 14.7. The summed E-state index contributed by atoms with van der Waals surface area (Å²) in [5.41, 5.74) is 7.53. The smallest absolute Gasteiger partial charge is 0.104 e. The highest BCUT2D eigenvalue weighted by molar-refractivity contribution is 7.80. The van der Waals surface area contributed by atoms with Gasteiger partial charge in [-0.25, -0.2) is 0 Å². The van der Waals surface area contributed by atoms with Crippen LogP contribution in [0.2, 0.25) is 5.02 Å². The van der Waals surface area contributed by atoms with Crippen LogP contribution in [-0.2, 0) is 0 Å². The monoisotopic (exact) mass is 311 g/mol. The molecule has 0 atom stereocenters. The molecule has 1 aromatic rings. The van der Waals surface area contributed by atoms with E-state index in [4.69, 9.17) is 29.6 Å². The summed E-state index contributed by atoms with van der Waals surface area (Å²) in [5, 5.41) is 0.729.